The van der Waals surface area contributed by atoms with Crippen molar-refractivity contribution >= 4 is 25.3 Å². The van der Waals surface area contributed by atoms with Crippen LogP contribution in [0.2, 0.25) is 0 Å². The minimum absolute atomic E-state index is 0.0190. The number of aromatic hydroxyl groups is 1. The van der Waals surface area contributed by atoms with Crippen molar-refractivity contribution in [3.05, 3.63) is 47.0 Å². The number of unbranched alkanes of at least 4 members (excludes halogenated alkanes) is 2. The lowest BCUT2D eigenvalue weighted by molar-refractivity contribution is -0.119. The zero-order valence-electron chi connectivity index (χ0n) is 35.3. The van der Waals surface area contributed by atoms with Gasteiger partial charge in [-0.2, -0.15) is 0 Å². The summed E-state index contributed by atoms with van der Waals surface area (Å²) in [6.07, 6.45) is 14.7. The zero-order valence-corrected chi connectivity index (χ0v) is 36.2. The normalized spacial score (nSPS) is 24.7. The van der Waals surface area contributed by atoms with E-state index in [9.17, 15) is 19.3 Å². The second-order valence-corrected chi connectivity index (χ2v) is 18.5. The van der Waals surface area contributed by atoms with Crippen LogP contribution in [0.25, 0.3) is 0 Å². The number of aryl methyl sites for hydroxylation is 1. The molecule has 2 saturated carbocycles. The summed E-state index contributed by atoms with van der Waals surface area (Å²) >= 11 is 0. The summed E-state index contributed by atoms with van der Waals surface area (Å²) in [5, 5.41) is 13.3. The van der Waals surface area contributed by atoms with E-state index in [2.05, 4.69) is 52.1 Å². The number of primary amides is 1. The number of hydrogen-bond acceptors (Lipinski definition) is 9. The number of carbonyl (C=O) groups excluding carboxylic acids is 2. The van der Waals surface area contributed by atoms with Crippen molar-refractivity contribution in [1.82, 2.24) is 0 Å². The Kier molecular flexibility index (Phi) is 16.4. The molecule has 0 bridgehead atoms. The summed E-state index contributed by atoms with van der Waals surface area (Å²) in [7, 11) is -2.48. The number of phenols is 1. The highest BCUT2D eigenvalue weighted by Gasteiger charge is 2.55. The van der Waals surface area contributed by atoms with Gasteiger partial charge in [-0.05, 0) is 122 Å². The largest absolute Gasteiger partial charge is 0.530 e. The Balaban J connectivity index is 1.20. The minimum Gasteiger partial charge on any atom is -0.505 e. The first-order valence-corrected chi connectivity index (χ1v) is 23.2. The van der Waals surface area contributed by atoms with E-state index in [1.165, 1.54) is 30.4 Å². The third kappa shape index (κ3) is 10.9. The number of amides is 2. The van der Waals surface area contributed by atoms with Gasteiger partial charge < -0.3 is 30.2 Å². The quantitative estimate of drug-likeness (QED) is 0.0734. The van der Waals surface area contributed by atoms with Crippen molar-refractivity contribution in [2.45, 2.75) is 143 Å². The van der Waals surface area contributed by atoms with Gasteiger partial charge in [0.15, 0.2) is 5.75 Å². The van der Waals surface area contributed by atoms with Crippen LogP contribution in [0, 0.1) is 29.1 Å². The molecular formula is C45H69N2O9P. The van der Waals surface area contributed by atoms with Gasteiger partial charge in [-0.25, -0.2) is 4.57 Å². The van der Waals surface area contributed by atoms with Crippen LogP contribution in [0.15, 0.2) is 30.3 Å². The molecule has 2 fully saturated rings. The molecule has 0 aliphatic heterocycles. The number of methoxy groups -OCH3 is 1. The lowest BCUT2D eigenvalue weighted by Crippen LogP contribution is -2.44. The van der Waals surface area contributed by atoms with E-state index in [0.717, 1.165) is 89.9 Å². The van der Waals surface area contributed by atoms with Crippen LogP contribution in [0.4, 0.5) is 5.69 Å². The van der Waals surface area contributed by atoms with Crippen LogP contribution in [0.3, 0.4) is 0 Å². The predicted octanol–water partition coefficient (Wildman–Crippen LogP) is 10.7. The second kappa shape index (κ2) is 20.7. The maximum Gasteiger partial charge on any atom is 0.530 e. The van der Waals surface area contributed by atoms with Gasteiger partial charge in [0.25, 0.3) is 5.91 Å². The van der Waals surface area contributed by atoms with Crippen LogP contribution in [-0.2, 0) is 29.6 Å². The number of fused-ring (bicyclic) bond motifs is 5. The molecule has 57 heavy (non-hydrogen) atoms. The van der Waals surface area contributed by atoms with Gasteiger partial charge in [0.1, 0.15) is 17.1 Å². The van der Waals surface area contributed by atoms with Crippen molar-refractivity contribution in [2.24, 2.45) is 34.8 Å². The third-order valence-corrected chi connectivity index (χ3v) is 14.7. The van der Waals surface area contributed by atoms with Crippen LogP contribution >= 0.6 is 7.82 Å². The van der Waals surface area contributed by atoms with E-state index in [1.54, 1.807) is 0 Å². The molecule has 3 aliphatic carbocycles. The summed E-state index contributed by atoms with van der Waals surface area (Å²) in [6, 6.07) is 9.19. The molecule has 0 saturated heterocycles. The Morgan fingerprint density at radius 2 is 1.65 bits per heavy atom. The van der Waals surface area contributed by atoms with Gasteiger partial charge in [0.05, 0.1) is 45.1 Å². The number of anilines is 1. The standard InChI is InChI=1S/C45H69N2O9P/c1-7-11-13-30(9-3)28-54-57(51,55-29-31(10-4)14-12-8-2)56-33-16-18-34-32(27-33)15-17-36-35(34)23-25-45(5)37(36)19-22-40(45)53-26-24-41(48)47-38-20-21-39(52-6)42(43(38)49)44(46)50/h16,18,20-21,27,30-31,35-37,40,49H,7-15,17,19,22-26,28-29H2,1-6H3,(H2,46,50)(H,47,48)/t30?,31?,35?,36?,37?,40-,45-,57?/m0/s1. The Hall–Kier alpha value is -3.11. The SMILES string of the molecule is CCCCC(CC)COP(=O)(OCC(CC)CCCC)Oc1ccc2c(c1)CCC1C2CC[C@@]2(C)C1CC[C@@H]2OCCC(=O)Nc1ccc(OC)c(C(N)=O)c1O. The van der Waals surface area contributed by atoms with E-state index in [4.69, 9.17) is 28.8 Å². The first-order valence-electron chi connectivity index (χ1n) is 21.7. The topological polar surface area (TPSA) is 156 Å². The number of rotatable bonds is 23. The third-order valence-electron chi connectivity index (χ3n) is 13.4. The molecule has 4 N–H and O–H groups in total. The van der Waals surface area contributed by atoms with Crippen molar-refractivity contribution in [2.75, 3.05) is 32.2 Å². The molecule has 11 nitrogen and oxygen atoms in total. The van der Waals surface area contributed by atoms with Gasteiger partial charge in [0, 0.05) is 0 Å². The Morgan fingerprint density at radius 3 is 2.26 bits per heavy atom. The van der Waals surface area contributed by atoms with Crippen LogP contribution in [0.1, 0.15) is 152 Å². The van der Waals surface area contributed by atoms with E-state index in [1.807, 2.05) is 6.07 Å². The lowest BCUT2D eigenvalue weighted by atomic mass is 9.55. The van der Waals surface area contributed by atoms with Gasteiger partial charge in [-0.15, -0.1) is 0 Å². The predicted molar refractivity (Wildman–Crippen MR) is 224 cm³/mol. The molecule has 7 atom stereocenters. The molecule has 0 heterocycles. The maximum atomic E-state index is 14.3. The highest BCUT2D eigenvalue weighted by molar-refractivity contribution is 7.48. The monoisotopic (exact) mass is 812 g/mol. The molecule has 2 amide bonds. The first-order chi connectivity index (χ1) is 27.4. The molecule has 0 radical (unpaired) electrons. The summed E-state index contributed by atoms with van der Waals surface area (Å²) in [5.41, 5.74) is 7.99. The molecule has 2 aromatic carbocycles. The van der Waals surface area contributed by atoms with Gasteiger partial charge in [0.2, 0.25) is 5.91 Å². The molecule has 3 aliphatic rings. The van der Waals surface area contributed by atoms with Gasteiger partial charge >= 0.3 is 7.82 Å². The number of phosphoric acid groups is 1. The van der Waals surface area contributed by atoms with Crippen LogP contribution in [-0.4, -0.2) is 50.0 Å². The fraction of sp³-hybridized carbons (Fsp3) is 0.689. The van der Waals surface area contributed by atoms with E-state index in [0.29, 0.717) is 48.6 Å². The van der Waals surface area contributed by atoms with Crippen molar-refractivity contribution in [3.8, 4) is 17.2 Å². The fourth-order valence-electron chi connectivity index (χ4n) is 9.84. The number of carbonyl (C=O) groups is 2. The molecule has 12 heteroatoms. The Labute approximate surface area is 341 Å². The number of nitrogens with one attached hydrogen (secondary N) is 1. The molecule has 5 rings (SSSR count). The summed E-state index contributed by atoms with van der Waals surface area (Å²) in [4.78, 5) is 24.7. The van der Waals surface area contributed by atoms with Gasteiger partial charge in [-0.1, -0.05) is 79.2 Å². The molecular weight excluding hydrogens is 743 g/mol. The fourth-order valence-corrected chi connectivity index (χ4v) is 11.2. The van der Waals surface area contributed by atoms with E-state index >= 15 is 0 Å². The molecule has 2 aromatic rings. The average Bonchev–Trinajstić information content (AvgIpc) is 3.54. The van der Waals surface area contributed by atoms with E-state index < -0.39 is 19.5 Å². The maximum absolute atomic E-state index is 14.3. The summed E-state index contributed by atoms with van der Waals surface area (Å²) in [6.45, 7) is 12.0. The lowest BCUT2D eigenvalue weighted by Gasteiger charge is -2.50. The van der Waals surface area contributed by atoms with Crippen molar-refractivity contribution < 1.29 is 42.3 Å². The minimum atomic E-state index is -3.85. The number of ether oxygens (including phenoxy) is 2. The number of nitrogens with two attached hydrogens (primary N) is 1. The second-order valence-electron chi connectivity index (χ2n) is 16.9. The molecule has 0 aromatic heterocycles. The zero-order chi connectivity index (χ0) is 41.2. The average molecular weight is 813 g/mol. The van der Waals surface area contributed by atoms with Gasteiger partial charge in [-0.3, -0.25) is 18.6 Å². The number of hydrogen-bond donors (Lipinski definition) is 3. The highest BCUT2D eigenvalue weighted by atomic mass is 31.2. The Morgan fingerprint density at radius 1 is 0.965 bits per heavy atom. The first kappa shape index (κ1) is 45.0. The van der Waals surface area contributed by atoms with Crippen molar-refractivity contribution in [1.29, 1.82) is 0 Å². The Bertz CT molecular complexity index is 1680. The summed E-state index contributed by atoms with van der Waals surface area (Å²) in [5.74, 6) is 1.21. The summed E-state index contributed by atoms with van der Waals surface area (Å²) < 4.78 is 44.4. The van der Waals surface area contributed by atoms with Crippen LogP contribution in [0.5, 0.6) is 17.2 Å². The molecule has 318 valence electrons. The van der Waals surface area contributed by atoms with Crippen LogP contribution < -0.4 is 20.3 Å². The smallest absolute Gasteiger partial charge is 0.505 e. The molecule has 5 unspecified atom stereocenters. The van der Waals surface area contributed by atoms with Crippen molar-refractivity contribution in [3.63, 3.8) is 0 Å². The highest BCUT2D eigenvalue weighted by Crippen LogP contribution is 2.62. The molecule has 0 spiro atoms. The van der Waals surface area contributed by atoms with E-state index in [-0.39, 0.29) is 47.5 Å². The number of benzene rings is 2. The number of phosphoric ester groups is 1.